The quantitative estimate of drug-likeness (QED) is 0.700. The van der Waals surface area contributed by atoms with Gasteiger partial charge < -0.3 is 20.7 Å². The molecule has 3 N–H and O–H groups in total. The van der Waals surface area contributed by atoms with Crippen molar-refractivity contribution in [1.29, 1.82) is 0 Å². The van der Waals surface area contributed by atoms with Gasteiger partial charge in [-0.05, 0) is 31.9 Å². The molecule has 1 fully saturated rings. The Labute approximate surface area is 182 Å². The molecule has 0 radical (unpaired) electrons. The average molecular weight is 427 g/mol. The highest BCUT2D eigenvalue weighted by molar-refractivity contribution is 5.82. The van der Waals surface area contributed by atoms with Gasteiger partial charge in [-0.3, -0.25) is 9.59 Å². The summed E-state index contributed by atoms with van der Waals surface area (Å²) in [7, 11) is 0. The Balaban J connectivity index is 1.54. The molecule has 166 valence electrons. The van der Waals surface area contributed by atoms with Crippen LogP contribution < -0.4 is 11.1 Å². The third kappa shape index (κ3) is 6.13. The fourth-order valence-corrected chi connectivity index (χ4v) is 3.37. The van der Waals surface area contributed by atoms with E-state index in [9.17, 15) is 9.59 Å². The van der Waals surface area contributed by atoms with Gasteiger partial charge in [0.25, 0.3) is 0 Å². The van der Waals surface area contributed by atoms with E-state index in [1.54, 1.807) is 0 Å². The number of ether oxygens (including phenoxy) is 1. The van der Waals surface area contributed by atoms with Crippen LogP contribution in [0.5, 0.6) is 0 Å². The van der Waals surface area contributed by atoms with E-state index in [1.165, 1.54) is 0 Å². The van der Waals surface area contributed by atoms with Crippen molar-refractivity contribution in [3.05, 3.63) is 35.7 Å². The van der Waals surface area contributed by atoms with Gasteiger partial charge in [-0.25, -0.2) is 0 Å². The van der Waals surface area contributed by atoms with E-state index in [0.29, 0.717) is 25.9 Å². The Hall–Kier alpha value is -3.23. The van der Waals surface area contributed by atoms with E-state index in [-0.39, 0.29) is 42.1 Å². The van der Waals surface area contributed by atoms with E-state index in [2.05, 4.69) is 20.3 Å². The molecule has 1 saturated heterocycles. The summed E-state index contributed by atoms with van der Waals surface area (Å²) in [6.07, 6.45) is 1.17. The molecule has 1 aliphatic rings. The lowest BCUT2D eigenvalue weighted by molar-refractivity contribution is -0.154. The van der Waals surface area contributed by atoms with Gasteiger partial charge in [0.15, 0.2) is 12.4 Å². The first-order chi connectivity index (χ1) is 14.6. The van der Waals surface area contributed by atoms with Crippen LogP contribution in [-0.2, 0) is 20.9 Å². The fourth-order valence-electron chi connectivity index (χ4n) is 3.37. The minimum absolute atomic E-state index is 0.0460. The summed E-state index contributed by atoms with van der Waals surface area (Å²) in [5, 5.41) is 3.07. The van der Waals surface area contributed by atoms with Gasteiger partial charge in [0.1, 0.15) is 0 Å². The maximum absolute atomic E-state index is 12.5. The zero-order chi connectivity index (χ0) is 22.6. The number of nitrogens with two attached hydrogens (primary N) is 1. The van der Waals surface area contributed by atoms with E-state index in [0.717, 1.165) is 11.3 Å². The van der Waals surface area contributed by atoms with E-state index < -0.39 is 5.41 Å². The first kappa shape index (κ1) is 22.5. The molecule has 2 aromatic rings. The SMILES string of the molecule is Cc1ccc(Nc2nc(N)nc(COC(=O)C3CCN(C(=O)C(C)(C)C)CC3)n2)cc1. The fraction of sp³-hybridized carbons (Fsp3) is 0.500. The van der Waals surface area contributed by atoms with Crippen molar-refractivity contribution >= 4 is 29.5 Å². The summed E-state index contributed by atoms with van der Waals surface area (Å²) >= 11 is 0. The number of amides is 1. The second-order valence-corrected chi connectivity index (χ2v) is 8.85. The number of anilines is 3. The molecular weight excluding hydrogens is 396 g/mol. The maximum Gasteiger partial charge on any atom is 0.309 e. The molecule has 0 saturated carbocycles. The van der Waals surface area contributed by atoms with Gasteiger partial charge >= 0.3 is 5.97 Å². The molecule has 9 nitrogen and oxygen atoms in total. The van der Waals surface area contributed by atoms with Crippen LogP contribution in [0.1, 0.15) is 45.0 Å². The van der Waals surface area contributed by atoms with E-state index in [1.807, 2.05) is 56.9 Å². The molecule has 1 amide bonds. The molecule has 1 aromatic heterocycles. The first-order valence-corrected chi connectivity index (χ1v) is 10.4. The zero-order valence-corrected chi connectivity index (χ0v) is 18.5. The number of likely N-dealkylation sites (tertiary alicyclic amines) is 1. The number of carbonyl (C=O) groups excluding carboxylic acids is 2. The third-order valence-electron chi connectivity index (χ3n) is 5.11. The summed E-state index contributed by atoms with van der Waals surface area (Å²) in [6, 6.07) is 7.75. The highest BCUT2D eigenvalue weighted by Crippen LogP contribution is 2.24. The number of rotatable bonds is 5. The number of benzene rings is 1. The van der Waals surface area contributed by atoms with Crippen LogP contribution in [0.4, 0.5) is 17.6 Å². The van der Waals surface area contributed by atoms with Crippen molar-refractivity contribution in [1.82, 2.24) is 19.9 Å². The van der Waals surface area contributed by atoms with Crippen LogP contribution in [0.15, 0.2) is 24.3 Å². The minimum Gasteiger partial charge on any atom is -0.457 e. The van der Waals surface area contributed by atoms with Gasteiger partial charge in [-0.15, -0.1) is 0 Å². The van der Waals surface area contributed by atoms with Crippen LogP contribution in [0.3, 0.4) is 0 Å². The summed E-state index contributed by atoms with van der Waals surface area (Å²) in [4.78, 5) is 39.1. The van der Waals surface area contributed by atoms with Crippen molar-refractivity contribution in [2.75, 3.05) is 24.1 Å². The van der Waals surface area contributed by atoms with Crippen LogP contribution in [0.2, 0.25) is 0 Å². The zero-order valence-electron chi connectivity index (χ0n) is 18.5. The first-order valence-electron chi connectivity index (χ1n) is 10.4. The van der Waals surface area contributed by atoms with Gasteiger partial charge in [0, 0.05) is 24.2 Å². The second-order valence-electron chi connectivity index (χ2n) is 8.85. The molecule has 0 atom stereocenters. The molecule has 1 aliphatic heterocycles. The lowest BCUT2D eigenvalue weighted by Gasteiger charge is -2.34. The number of nitrogen functional groups attached to an aromatic ring is 1. The Bertz CT molecular complexity index is 931. The Morgan fingerprint density at radius 3 is 2.39 bits per heavy atom. The molecule has 1 aromatic carbocycles. The lowest BCUT2D eigenvalue weighted by atomic mass is 9.91. The third-order valence-corrected chi connectivity index (χ3v) is 5.11. The van der Waals surface area contributed by atoms with Gasteiger partial charge in [-0.1, -0.05) is 38.5 Å². The van der Waals surface area contributed by atoms with Crippen molar-refractivity contribution in [2.45, 2.75) is 47.1 Å². The van der Waals surface area contributed by atoms with Gasteiger partial charge in [0.2, 0.25) is 17.8 Å². The van der Waals surface area contributed by atoms with E-state index >= 15 is 0 Å². The molecule has 3 rings (SSSR count). The largest absolute Gasteiger partial charge is 0.457 e. The van der Waals surface area contributed by atoms with Gasteiger partial charge in [0.05, 0.1) is 5.92 Å². The standard InChI is InChI=1S/C22H30N6O3/c1-14-5-7-16(8-6-14)24-21-26-17(25-20(23)27-21)13-31-18(29)15-9-11-28(12-10-15)19(30)22(2,3)4/h5-8,15H,9-13H2,1-4H3,(H3,23,24,25,26,27). The Morgan fingerprint density at radius 1 is 1.13 bits per heavy atom. The van der Waals surface area contributed by atoms with Gasteiger partial charge in [-0.2, -0.15) is 15.0 Å². The van der Waals surface area contributed by atoms with Crippen molar-refractivity contribution in [3.8, 4) is 0 Å². The summed E-state index contributed by atoms with van der Waals surface area (Å²) in [6.45, 7) is 8.73. The smallest absolute Gasteiger partial charge is 0.309 e. The number of esters is 1. The molecule has 31 heavy (non-hydrogen) atoms. The molecular formula is C22H30N6O3. The van der Waals surface area contributed by atoms with E-state index in [4.69, 9.17) is 10.5 Å². The minimum atomic E-state index is -0.420. The summed E-state index contributed by atoms with van der Waals surface area (Å²) < 4.78 is 5.43. The second kappa shape index (κ2) is 9.28. The van der Waals surface area contributed by atoms with Crippen LogP contribution in [0.25, 0.3) is 0 Å². The number of aryl methyl sites for hydroxylation is 1. The number of carbonyl (C=O) groups is 2. The molecule has 9 heteroatoms. The predicted molar refractivity (Wildman–Crippen MR) is 117 cm³/mol. The Morgan fingerprint density at radius 2 is 1.77 bits per heavy atom. The number of hydrogen-bond donors (Lipinski definition) is 2. The number of aromatic nitrogens is 3. The monoisotopic (exact) mass is 426 g/mol. The average Bonchev–Trinajstić information content (AvgIpc) is 2.72. The van der Waals surface area contributed by atoms with Crippen molar-refractivity contribution < 1.29 is 14.3 Å². The topological polar surface area (TPSA) is 123 Å². The molecule has 0 spiro atoms. The molecule has 2 heterocycles. The maximum atomic E-state index is 12.5. The lowest BCUT2D eigenvalue weighted by Crippen LogP contribution is -2.45. The van der Waals surface area contributed by atoms with Crippen LogP contribution >= 0.6 is 0 Å². The van der Waals surface area contributed by atoms with Crippen LogP contribution in [0, 0.1) is 18.3 Å². The number of hydrogen-bond acceptors (Lipinski definition) is 8. The molecule has 0 bridgehead atoms. The molecule has 0 aliphatic carbocycles. The normalized spacial score (nSPS) is 14.9. The number of nitrogens with one attached hydrogen (secondary N) is 1. The molecule has 0 unspecified atom stereocenters. The van der Waals surface area contributed by atoms with Crippen molar-refractivity contribution in [3.63, 3.8) is 0 Å². The predicted octanol–water partition coefficient (Wildman–Crippen LogP) is 2.83. The summed E-state index contributed by atoms with van der Waals surface area (Å²) in [5.41, 5.74) is 7.32. The van der Waals surface area contributed by atoms with Crippen molar-refractivity contribution in [2.24, 2.45) is 11.3 Å². The summed E-state index contributed by atoms with van der Waals surface area (Å²) in [5.74, 6) is 0.161. The van der Waals surface area contributed by atoms with Crippen LogP contribution in [-0.4, -0.2) is 44.8 Å². The Kier molecular flexibility index (Phi) is 6.72. The number of nitrogens with zero attached hydrogens (tertiary/aromatic N) is 4. The highest BCUT2D eigenvalue weighted by Gasteiger charge is 2.33. The number of piperidine rings is 1. The highest BCUT2D eigenvalue weighted by atomic mass is 16.5.